The second-order valence-corrected chi connectivity index (χ2v) is 6.77. The van der Waals surface area contributed by atoms with E-state index in [-0.39, 0.29) is 0 Å². The van der Waals surface area contributed by atoms with Crippen LogP contribution in [0.2, 0.25) is 0 Å². The fourth-order valence-corrected chi connectivity index (χ4v) is 3.92. The van der Waals surface area contributed by atoms with Crippen LogP contribution in [0.15, 0.2) is 44.3 Å². The number of hydrogen-bond acceptors (Lipinski definition) is 6. The molecule has 2 aromatic heterocycles. The van der Waals surface area contributed by atoms with Gasteiger partial charge in [0.2, 0.25) is 5.95 Å². The molecule has 96 valence electrons. The Morgan fingerprint density at radius 2 is 2.11 bits per heavy atom. The summed E-state index contributed by atoms with van der Waals surface area (Å²) in [4.78, 5) is 13.1. The Hall–Kier alpha value is -1.18. The average Bonchev–Trinajstić information content (AvgIpc) is 2.83. The van der Waals surface area contributed by atoms with Gasteiger partial charge in [-0.3, -0.25) is 0 Å². The molecule has 7 heteroatoms. The van der Waals surface area contributed by atoms with Gasteiger partial charge in [-0.25, -0.2) is 15.0 Å². The van der Waals surface area contributed by atoms with Gasteiger partial charge in [-0.05, 0) is 39.8 Å². The van der Waals surface area contributed by atoms with E-state index in [0.29, 0.717) is 5.95 Å². The largest absolute Gasteiger partial charge is 0.357 e. The van der Waals surface area contributed by atoms with Gasteiger partial charge in [0.25, 0.3) is 0 Å². The Balaban J connectivity index is 1.96. The van der Waals surface area contributed by atoms with Crippen molar-refractivity contribution in [3.63, 3.8) is 0 Å². The SMILES string of the molecule is CNc1ncc(Br)c(Sc2nc3ccccc3s2)n1. The molecular formula is C12H9BrN4S2. The van der Waals surface area contributed by atoms with Gasteiger partial charge in [0.15, 0.2) is 4.34 Å². The van der Waals surface area contributed by atoms with E-state index in [1.165, 1.54) is 16.5 Å². The highest BCUT2D eigenvalue weighted by atomic mass is 79.9. The molecule has 0 aliphatic rings. The van der Waals surface area contributed by atoms with E-state index in [2.05, 4.69) is 42.3 Å². The van der Waals surface area contributed by atoms with Crippen molar-refractivity contribution >= 4 is 55.2 Å². The molecule has 0 fully saturated rings. The van der Waals surface area contributed by atoms with Crippen molar-refractivity contribution < 1.29 is 0 Å². The number of nitrogens with one attached hydrogen (secondary N) is 1. The number of halogens is 1. The summed E-state index contributed by atoms with van der Waals surface area (Å²) in [7, 11) is 1.80. The first-order chi connectivity index (χ1) is 9.26. The van der Waals surface area contributed by atoms with E-state index in [4.69, 9.17) is 0 Å². The molecule has 0 aliphatic carbocycles. The number of rotatable bonds is 3. The Morgan fingerprint density at radius 1 is 1.26 bits per heavy atom. The van der Waals surface area contributed by atoms with Gasteiger partial charge in [0, 0.05) is 13.2 Å². The Kier molecular flexibility index (Phi) is 3.67. The second kappa shape index (κ2) is 5.44. The van der Waals surface area contributed by atoms with Crippen molar-refractivity contribution in [3.8, 4) is 0 Å². The highest BCUT2D eigenvalue weighted by molar-refractivity contribution is 9.10. The highest BCUT2D eigenvalue weighted by Gasteiger charge is 2.10. The van der Waals surface area contributed by atoms with Crippen molar-refractivity contribution in [2.45, 2.75) is 9.37 Å². The third kappa shape index (κ3) is 2.72. The van der Waals surface area contributed by atoms with E-state index in [0.717, 1.165) is 19.4 Å². The predicted octanol–water partition coefficient (Wildman–Crippen LogP) is 4.04. The number of thiazole rings is 1. The standard InChI is InChI=1S/C12H9BrN4S2/c1-14-11-15-6-7(13)10(17-11)19-12-16-8-4-2-3-5-9(8)18-12/h2-6H,1H3,(H,14,15,17). The molecule has 2 heterocycles. The van der Waals surface area contributed by atoms with Gasteiger partial charge in [0.1, 0.15) is 5.03 Å². The first-order valence-corrected chi connectivity index (χ1v) is 7.92. The van der Waals surface area contributed by atoms with E-state index in [9.17, 15) is 0 Å². The lowest BCUT2D eigenvalue weighted by molar-refractivity contribution is 1.02. The van der Waals surface area contributed by atoms with Crippen LogP contribution in [0.1, 0.15) is 0 Å². The number of hydrogen-bond donors (Lipinski definition) is 1. The third-order valence-corrected chi connectivity index (χ3v) is 5.34. The molecule has 3 aromatic rings. The smallest absolute Gasteiger partial charge is 0.223 e. The minimum Gasteiger partial charge on any atom is -0.357 e. The van der Waals surface area contributed by atoms with E-state index in [1.807, 2.05) is 18.2 Å². The lowest BCUT2D eigenvalue weighted by Gasteiger charge is -2.02. The van der Waals surface area contributed by atoms with Crippen molar-refractivity contribution in [2.24, 2.45) is 0 Å². The van der Waals surface area contributed by atoms with Crippen molar-refractivity contribution in [1.29, 1.82) is 0 Å². The number of nitrogens with zero attached hydrogens (tertiary/aromatic N) is 3. The Labute approximate surface area is 126 Å². The number of anilines is 1. The fraction of sp³-hybridized carbons (Fsp3) is 0.0833. The molecular weight excluding hydrogens is 344 g/mol. The zero-order valence-electron chi connectivity index (χ0n) is 9.92. The zero-order chi connectivity index (χ0) is 13.2. The van der Waals surface area contributed by atoms with E-state index >= 15 is 0 Å². The van der Waals surface area contributed by atoms with Crippen LogP contribution in [-0.2, 0) is 0 Å². The maximum absolute atomic E-state index is 4.58. The molecule has 0 bridgehead atoms. The van der Waals surface area contributed by atoms with Gasteiger partial charge in [-0.15, -0.1) is 11.3 Å². The topological polar surface area (TPSA) is 50.7 Å². The molecule has 0 spiro atoms. The summed E-state index contributed by atoms with van der Waals surface area (Å²) in [6.07, 6.45) is 1.74. The summed E-state index contributed by atoms with van der Waals surface area (Å²) in [6.45, 7) is 0. The molecule has 0 saturated carbocycles. The molecule has 0 amide bonds. The summed E-state index contributed by atoms with van der Waals surface area (Å²) >= 11 is 6.67. The lowest BCUT2D eigenvalue weighted by Crippen LogP contribution is -1.96. The fourth-order valence-electron chi connectivity index (χ4n) is 1.52. The summed E-state index contributed by atoms with van der Waals surface area (Å²) < 4.78 is 3.03. The molecule has 0 atom stereocenters. The molecule has 0 saturated heterocycles. The Bertz CT molecular complexity index is 696. The van der Waals surface area contributed by atoms with Crippen LogP contribution in [0.3, 0.4) is 0 Å². The minimum atomic E-state index is 0.604. The van der Waals surface area contributed by atoms with Crippen LogP contribution in [0.25, 0.3) is 10.2 Å². The molecule has 4 nitrogen and oxygen atoms in total. The second-order valence-electron chi connectivity index (χ2n) is 3.65. The molecule has 1 aromatic carbocycles. The monoisotopic (exact) mass is 352 g/mol. The zero-order valence-corrected chi connectivity index (χ0v) is 13.1. The third-order valence-electron chi connectivity index (χ3n) is 2.39. The van der Waals surface area contributed by atoms with Gasteiger partial charge >= 0.3 is 0 Å². The van der Waals surface area contributed by atoms with Crippen LogP contribution < -0.4 is 5.32 Å². The molecule has 0 unspecified atom stereocenters. The molecule has 19 heavy (non-hydrogen) atoms. The maximum Gasteiger partial charge on any atom is 0.223 e. The molecule has 3 rings (SSSR count). The summed E-state index contributed by atoms with van der Waals surface area (Å²) in [5.74, 6) is 0.604. The number of para-hydroxylation sites is 1. The van der Waals surface area contributed by atoms with Crippen LogP contribution >= 0.6 is 39.0 Å². The highest BCUT2D eigenvalue weighted by Crippen LogP contribution is 2.36. The minimum absolute atomic E-state index is 0.604. The quantitative estimate of drug-likeness (QED) is 0.720. The molecule has 0 aliphatic heterocycles. The maximum atomic E-state index is 4.58. The first kappa shape index (κ1) is 12.8. The van der Waals surface area contributed by atoms with E-state index < -0.39 is 0 Å². The summed E-state index contributed by atoms with van der Waals surface area (Å²) in [6, 6.07) is 8.11. The normalized spacial score (nSPS) is 10.8. The van der Waals surface area contributed by atoms with Crippen molar-refractivity contribution in [1.82, 2.24) is 15.0 Å². The summed E-state index contributed by atoms with van der Waals surface area (Å²) in [5.41, 5.74) is 1.02. The predicted molar refractivity (Wildman–Crippen MR) is 83.0 cm³/mol. The number of aromatic nitrogens is 3. The van der Waals surface area contributed by atoms with Gasteiger partial charge in [-0.1, -0.05) is 12.1 Å². The van der Waals surface area contributed by atoms with E-state index in [1.54, 1.807) is 24.6 Å². The average molecular weight is 353 g/mol. The van der Waals surface area contributed by atoms with Gasteiger partial charge < -0.3 is 5.32 Å². The van der Waals surface area contributed by atoms with Crippen LogP contribution in [-0.4, -0.2) is 22.0 Å². The van der Waals surface area contributed by atoms with Gasteiger partial charge in [-0.2, -0.15) is 0 Å². The Morgan fingerprint density at radius 3 is 2.89 bits per heavy atom. The molecule has 1 N–H and O–H groups in total. The first-order valence-electron chi connectivity index (χ1n) is 5.50. The lowest BCUT2D eigenvalue weighted by atomic mass is 10.3. The number of fused-ring (bicyclic) bond motifs is 1. The molecule has 0 radical (unpaired) electrons. The number of benzene rings is 1. The van der Waals surface area contributed by atoms with Crippen LogP contribution in [0.4, 0.5) is 5.95 Å². The van der Waals surface area contributed by atoms with Crippen molar-refractivity contribution in [3.05, 3.63) is 34.9 Å². The van der Waals surface area contributed by atoms with Crippen molar-refractivity contribution in [2.75, 3.05) is 12.4 Å². The van der Waals surface area contributed by atoms with Gasteiger partial charge in [0.05, 0.1) is 14.7 Å². The van der Waals surface area contributed by atoms with Crippen LogP contribution in [0, 0.1) is 0 Å². The summed E-state index contributed by atoms with van der Waals surface area (Å²) in [5, 5.41) is 3.79. The van der Waals surface area contributed by atoms with Crippen LogP contribution in [0.5, 0.6) is 0 Å².